The van der Waals surface area contributed by atoms with Crippen molar-refractivity contribution < 1.29 is 9.59 Å². The Bertz CT molecular complexity index is 616. The van der Waals surface area contributed by atoms with Crippen LogP contribution in [0.3, 0.4) is 0 Å². The molecule has 1 aliphatic carbocycles. The van der Waals surface area contributed by atoms with Crippen molar-refractivity contribution in [2.75, 3.05) is 19.6 Å². The standard InChI is InChI=1S/C24H36N2O2/c27-23(25-17-8-11-20-9-2-1-3-10-20)14-6-7-15-24(28)26-18-16-21-12-4-5-13-22(21)19-26/h1-3,9-10,21-22H,4-8,11-19H2,(H,25,27). The molecule has 2 unspecified atom stereocenters. The number of hydrogen-bond acceptors (Lipinski definition) is 2. The molecule has 2 amide bonds. The fraction of sp³-hybridized carbons (Fsp3) is 0.667. The number of amides is 2. The Morgan fingerprint density at radius 3 is 2.50 bits per heavy atom. The van der Waals surface area contributed by atoms with Crippen molar-refractivity contribution in [1.82, 2.24) is 10.2 Å². The third-order valence-electron chi connectivity index (χ3n) is 6.50. The van der Waals surface area contributed by atoms with Crippen molar-refractivity contribution in [2.24, 2.45) is 11.8 Å². The number of nitrogens with one attached hydrogen (secondary N) is 1. The van der Waals surface area contributed by atoms with Gasteiger partial charge < -0.3 is 10.2 Å². The maximum Gasteiger partial charge on any atom is 0.222 e. The van der Waals surface area contributed by atoms with Gasteiger partial charge in [0.05, 0.1) is 0 Å². The van der Waals surface area contributed by atoms with Gasteiger partial charge in [-0.25, -0.2) is 0 Å². The first-order valence-electron chi connectivity index (χ1n) is 11.3. The van der Waals surface area contributed by atoms with E-state index in [9.17, 15) is 9.59 Å². The molecule has 1 aromatic carbocycles. The number of piperidine rings is 1. The smallest absolute Gasteiger partial charge is 0.222 e. The molecule has 0 spiro atoms. The lowest BCUT2D eigenvalue weighted by Crippen LogP contribution is -2.44. The van der Waals surface area contributed by atoms with E-state index in [4.69, 9.17) is 0 Å². The molecule has 1 heterocycles. The van der Waals surface area contributed by atoms with Crippen molar-refractivity contribution in [1.29, 1.82) is 0 Å². The summed E-state index contributed by atoms with van der Waals surface area (Å²) in [5.74, 6) is 2.02. The SMILES string of the molecule is O=C(CCCCC(=O)N1CCC2CCCCC2C1)NCCCc1ccccc1. The number of aryl methyl sites for hydroxylation is 1. The van der Waals surface area contributed by atoms with Gasteiger partial charge in [0.2, 0.25) is 11.8 Å². The molecule has 28 heavy (non-hydrogen) atoms. The average molecular weight is 385 g/mol. The molecule has 0 bridgehead atoms. The van der Waals surface area contributed by atoms with Gasteiger partial charge in [-0.15, -0.1) is 0 Å². The first-order chi connectivity index (χ1) is 13.7. The largest absolute Gasteiger partial charge is 0.356 e. The highest BCUT2D eigenvalue weighted by Gasteiger charge is 2.32. The van der Waals surface area contributed by atoms with Crippen LogP contribution in [0.15, 0.2) is 30.3 Å². The van der Waals surface area contributed by atoms with Gasteiger partial charge >= 0.3 is 0 Å². The summed E-state index contributed by atoms with van der Waals surface area (Å²) in [5.41, 5.74) is 1.31. The molecule has 2 atom stereocenters. The molecule has 3 rings (SSSR count). The summed E-state index contributed by atoms with van der Waals surface area (Å²) in [5, 5.41) is 3.00. The summed E-state index contributed by atoms with van der Waals surface area (Å²) < 4.78 is 0. The summed E-state index contributed by atoms with van der Waals surface area (Å²) in [6.45, 7) is 2.65. The van der Waals surface area contributed by atoms with E-state index in [0.29, 0.717) is 18.7 Å². The number of benzene rings is 1. The molecule has 0 radical (unpaired) electrons. The fourth-order valence-electron chi connectivity index (χ4n) is 4.80. The van der Waals surface area contributed by atoms with Crippen molar-refractivity contribution in [3.05, 3.63) is 35.9 Å². The van der Waals surface area contributed by atoms with E-state index in [0.717, 1.165) is 57.2 Å². The van der Waals surface area contributed by atoms with Crippen LogP contribution in [0.5, 0.6) is 0 Å². The maximum absolute atomic E-state index is 12.5. The van der Waals surface area contributed by atoms with Crippen LogP contribution >= 0.6 is 0 Å². The van der Waals surface area contributed by atoms with E-state index >= 15 is 0 Å². The number of carbonyl (C=O) groups is 2. The normalized spacial score (nSPS) is 21.8. The third kappa shape index (κ3) is 6.65. The van der Waals surface area contributed by atoms with Crippen LogP contribution < -0.4 is 5.32 Å². The number of unbranched alkanes of at least 4 members (excludes halogenated alkanes) is 1. The van der Waals surface area contributed by atoms with Gasteiger partial charge in [0.25, 0.3) is 0 Å². The van der Waals surface area contributed by atoms with E-state index in [-0.39, 0.29) is 5.91 Å². The highest BCUT2D eigenvalue weighted by molar-refractivity contribution is 5.77. The summed E-state index contributed by atoms with van der Waals surface area (Å²) in [6.07, 6.45) is 11.3. The van der Waals surface area contributed by atoms with E-state index in [1.165, 1.54) is 37.7 Å². The Hall–Kier alpha value is -1.84. The quantitative estimate of drug-likeness (QED) is 0.644. The molecule has 1 aliphatic heterocycles. The summed E-state index contributed by atoms with van der Waals surface area (Å²) in [6, 6.07) is 10.4. The van der Waals surface area contributed by atoms with E-state index in [1.54, 1.807) is 0 Å². The second-order valence-corrected chi connectivity index (χ2v) is 8.58. The highest BCUT2D eigenvalue weighted by Crippen LogP contribution is 2.36. The lowest BCUT2D eigenvalue weighted by molar-refractivity contribution is -0.134. The van der Waals surface area contributed by atoms with Gasteiger partial charge in [-0.05, 0) is 55.9 Å². The lowest BCUT2D eigenvalue weighted by atomic mass is 9.75. The van der Waals surface area contributed by atoms with Crippen LogP contribution in [0.4, 0.5) is 0 Å². The number of hydrogen-bond donors (Lipinski definition) is 1. The third-order valence-corrected chi connectivity index (χ3v) is 6.50. The minimum absolute atomic E-state index is 0.114. The number of likely N-dealkylation sites (tertiary alicyclic amines) is 1. The molecule has 154 valence electrons. The summed E-state index contributed by atoms with van der Waals surface area (Å²) in [4.78, 5) is 26.5. The second kappa shape index (κ2) is 11.2. The van der Waals surface area contributed by atoms with Crippen LogP contribution in [-0.4, -0.2) is 36.3 Å². The zero-order chi connectivity index (χ0) is 19.6. The van der Waals surface area contributed by atoms with E-state index < -0.39 is 0 Å². The topological polar surface area (TPSA) is 49.4 Å². The van der Waals surface area contributed by atoms with Gasteiger partial charge in [0.1, 0.15) is 0 Å². The minimum atomic E-state index is 0.114. The molecule has 4 nitrogen and oxygen atoms in total. The molecule has 2 aliphatic rings. The molecule has 1 saturated heterocycles. The van der Waals surface area contributed by atoms with Crippen LogP contribution in [0.2, 0.25) is 0 Å². The Morgan fingerprint density at radius 1 is 0.929 bits per heavy atom. The molecule has 4 heteroatoms. The van der Waals surface area contributed by atoms with Crippen LogP contribution in [0, 0.1) is 11.8 Å². The second-order valence-electron chi connectivity index (χ2n) is 8.58. The Balaban J connectivity index is 1.22. The number of nitrogens with zero attached hydrogens (tertiary/aromatic N) is 1. The highest BCUT2D eigenvalue weighted by atomic mass is 16.2. The van der Waals surface area contributed by atoms with Gasteiger partial charge in [-0.2, -0.15) is 0 Å². The first kappa shape index (κ1) is 20.9. The van der Waals surface area contributed by atoms with Gasteiger partial charge in [-0.3, -0.25) is 9.59 Å². The maximum atomic E-state index is 12.5. The number of fused-ring (bicyclic) bond motifs is 1. The minimum Gasteiger partial charge on any atom is -0.356 e. The van der Waals surface area contributed by atoms with Crippen molar-refractivity contribution >= 4 is 11.8 Å². The summed E-state index contributed by atoms with van der Waals surface area (Å²) >= 11 is 0. The molecule has 1 N–H and O–H groups in total. The van der Waals surface area contributed by atoms with Crippen molar-refractivity contribution in [3.63, 3.8) is 0 Å². The zero-order valence-electron chi connectivity index (χ0n) is 17.2. The van der Waals surface area contributed by atoms with Gasteiger partial charge in [0.15, 0.2) is 0 Å². The van der Waals surface area contributed by atoms with E-state index in [1.807, 2.05) is 18.2 Å². The number of rotatable bonds is 9. The lowest BCUT2D eigenvalue weighted by Gasteiger charge is -2.41. The predicted molar refractivity (Wildman–Crippen MR) is 113 cm³/mol. The van der Waals surface area contributed by atoms with Crippen LogP contribution in [-0.2, 0) is 16.0 Å². The van der Waals surface area contributed by atoms with E-state index in [2.05, 4.69) is 22.3 Å². The zero-order valence-corrected chi connectivity index (χ0v) is 17.2. The van der Waals surface area contributed by atoms with Crippen LogP contribution in [0.25, 0.3) is 0 Å². The molecule has 1 saturated carbocycles. The molecular formula is C24H36N2O2. The predicted octanol–water partition coefficient (Wildman–Crippen LogP) is 4.33. The molecule has 0 aromatic heterocycles. The van der Waals surface area contributed by atoms with Crippen LogP contribution in [0.1, 0.15) is 69.8 Å². The Morgan fingerprint density at radius 2 is 1.68 bits per heavy atom. The summed E-state index contributed by atoms with van der Waals surface area (Å²) in [7, 11) is 0. The fourth-order valence-corrected chi connectivity index (χ4v) is 4.80. The Labute approximate surface area is 170 Å². The Kier molecular flexibility index (Phi) is 8.38. The molecular weight excluding hydrogens is 348 g/mol. The molecule has 2 fully saturated rings. The first-order valence-corrected chi connectivity index (χ1v) is 11.3. The average Bonchev–Trinajstić information content (AvgIpc) is 2.74. The van der Waals surface area contributed by atoms with Gasteiger partial charge in [0, 0.05) is 32.5 Å². The monoisotopic (exact) mass is 384 g/mol. The van der Waals surface area contributed by atoms with Crippen molar-refractivity contribution in [3.8, 4) is 0 Å². The molecule has 1 aromatic rings. The van der Waals surface area contributed by atoms with Gasteiger partial charge in [-0.1, -0.05) is 49.6 Å². The number of carbonyl (C=O) groups excluding carboxylic acids is 2. The van der Waals surface area contributed by atoms with Crippen molar-refractivity contribution in [2.45, 2.75) is 70.6 Å².